The zero-order chi connectivity index (χ0) is 15.3. The summed E-state index contributed by atoms with van der Waals surface area (Å²) in [5.41, 5.74) is 0.475. The topological polar surface area (TPSA) is 84.5 Å². The maximum atomic E-state index is 12.1. The lowest BCUT2D eigenvalue weighted by molar-refractivity contribution is 0.0950. The second-order valence-corrected chi connectivity index (χ2v) is 6.96. The van der Waals surface area contributed by atoms with Gasteiger partial charge in [0.2, 0.25) is 10.0 Å². The van der Waals surface area contributed by atoms with Crippen LogP contribution in [-0.4, -0.2) is 39.3 Å². The molecule has 1 aromatic rings. The molecule has 0 aromatic heterocycles. The van der Waals surface area contributed by atoms with Crippen LogP contribution in [0.1, 0.15) is 30.1 Å². The van der Waals surface area contributed by atoms with E-state index in [2.05, 4.69) is 10.0 Å². The van der Waals surface area contributed by atoms with Crippen molar-refractivity contribution in [2.45, 2.75) is 25.9 Å². The molecule has 0 bridgehead atoms. The van der Waals surface area contributed by atoms with Gasteiger partial charge in [0.05, 0.1) is 17.4 Å². The monoisotopic (exact) mass is 312 g/mol. The van der Waals surface area contributed by atoms with Crippen molar-refractivity contribution in [2.24, 2.45) is 0 Å². The molecule has 1 aliphatic rings. The number of sulfonamides is 1. The van der Waals surface area contributed by atoms with Crippen molar-refractivity contribution in [1.29, 1.82) is 0 Å². The number of benzene rings is 1. The predicted octanol–water partition coefficient (Wildman–Crippen LogP) is 0.897. The first kappa shape index (κ1) is 15.8. The van der Waals surface area contributed by atoms with Gasteiger partial charge < -0.3 is 10.1 Å². The summed E-state index contributed by atoms with van der Waals surface area (Å²) in [6, 6.07) is 7.06. The number of carbonyl (C=O) groups excluding carboxylic acids is 1. The first-order valence-corrected chi connectivity index (χ1v) is 8.68. The highest BCUT2D eigenvalue weighted by atomic mass is 32.2. The quantitative estimate of drug-likeness (QED) is 0.698. The molecule has 0 atom stereocenters. The first-order valence-electron chi connectivity index (χ1n) is 7.03. The average Bonchev–Trinajstić information content (AvgIpc) is 3.28. The third kappa shape index (κ3) is 5.02. The van der Waals surface area contributed by atoms with Gasteiger partial charge in [0.15, 0.2) is 0 Å². The molecule has 1 saturated carbocycles. The van der Waals surface area contributed by atoms with Crippen molar-refractivity contribution < 1.29 is 17.9 Å². The average molecular weight is 312 g/mol. The molecule has 0 radical (unpaired) electrons. The Morgan fingerprint density at radius 2 is 2.00 bits per heavy atom. The van der Waals surface area contributed by atoms with Gasteiger partial charge in [-0.2, -0.15) is 0 Å². The van der Waals surface area contributed by atoms with E-state index in [0.717, 1.165) is 12.8 Å². The van der Waals surface area contributed by atoms with Crippen molar-refractivity contribution >= 4 is 15.9 Å². The predicted molar refractivity (Wildman–Crippen MR) is 79.9 cm³/mol. The van der Waals surface area contributed by atoms with Crippen LogP contribution in [0.5, 0.6) is 5.75 Å². The Balaban J connectivity index is 1.85. The third-order valence-corrected chi connectivity index (χ3v) is 4.47. The highest BCUT2D eigenvalue weighted by molar-refractivity contribution is 7.89. The van der Waals surface area contributed by atoms with Gasteiger partial charge >= 0.3 is 0 Å². The minimum absolute atomic E-state index is 0.0268. The fourth-order valence-corrected chi connectivity index (χ4v) is 2.32. The van der Waals surface area contributed by atoms with E-state index >= 15 is 0 Å². The number of hydrogen-bond acceptors (Lipinski definition) is 4. The van der Waals surface area contributed by atoms with Crippen molar-refractivity contribution in [1.82, 2.24) is 10.0 Å². The molecule has 2 N–H and O–H groups in total. The number of nitrogens with one attached hydrogen (secondary N) is 2. The molecule has 7 heteroatoms. The van der Waals surface area contributed by atoms with E-state index in [1.165, 1.54) is 0 Å². The van der Waals surface area contributed by atoms with E-state index in [-0.39, 0.29) is 30.9 Å². The number of para-hydroxylation sites is 1. The highest BCUT2D eigenvalue weighted by Gasteiger charge is 2.25. The maximum Gasteiger partial charge on any atom is 0.255 e. The van der Waals surface area contributed by atoms with Crippen LogP contribution in [0.2, 0.25) is 0 Å². The molecule has 2 rings (SSSR count). The minimum Gasteiger partial charge on any atom is -0.490 e. The van der Waals surface area contributed by atoms with Crippen LogP contribution in [0.3, 0.4) is 0 Å². The number of rotatable bonds is 8. The summed E-state index contributed by atoms with van der Waals surface area (Å²) in [4.78, 5) is 12.1. The molecule has 116 valence electrons. The summed E-state index contributed by atoms with van der Waals surface area (Å²) in [5.74, 6) is 0.340. The largest absolute Gasteiger partial charge is 0.490 e. The summed E-state index contributed by atoms with van der Waals surface area (Å²) < 4.78 is 30.6. The van der Waals surface area contributed by atoms with Gasteiger partial charge in [0.25, 0.3) is 5.91 Å². The zero-order valence-electron chi connectivity index (χ0n) is 12.0. The Kier molecular flexibility index (Phi) is 5.19. The van der Waals surface area contributed by atoms with Crippen molar-refractivity contribution in [2.75, 3.05) is 18.8 Å². The smallest absolute Gasteiger partial charge is 0.255 e. The number of ether oxygens (including phenoxy) is 1. The van der Waals surface area contributed by atoms with Crippen LogP contribution in [0, 0.1) is 0 Å². The highest BCUT2D eigenvalue weighted by Crippen LogP contribution is 2.28. The lowest BCUT2D eigenvalue weighted by atomic mass is 10.2. The van der Waals surface area contributed by atoms with E-state index in [9.17, 15) is 13.2 Å². The Labute approximate surface area is 124 Å². The molecule has 1 fully saturated rings. The van der Waals surface area contributed by atoms with Gasteiger partial charge in [0.1, 0.15) is 5.75 Å². The minimum atomic E-state index is -3.22. The van der Waals surface area contributed by atoms with Crippen LogP contribution in [0.4, 0.5) is 0 Å². The molecule has 0 saturated heterocycles. The SMILES string of the molecule is CCS(=O)(=O)NCCNC(=O)c1ccccc1OC1CC1. The van der Waals surface area contributed by atoms with E-state index in [0.29, 0.717) is 11.3 Å². The molecule has 1 aromatic carbocycles. The fraction of sp³-hybridized carbons (Fsp3) is 0.500. The molecule has 0 unspecified atom stereocenters. The lowest BCUT2D eigenvalue weighted by Crippen LogP contribution is -2.35. The van der Waals surface area contributed by atoms with Gasteiger partial charge in [-0.15, -0.1) is 0 Å². The van der Waals surface area contributed by atoms with Crippen molar-refractivity contribution in [3.63, 3.8) is 0 Å². The van der Waals surface area contributed by atoms with Gasteiger partial charge in [-0.1, -0.05) is 12.1 Å². The van der Waals surface area contributed by atoms with E-state index < -0.39 is 10.0 Å². The van der Waals surface area contributed by atoms with Crippen LogP contribution in [0.15, 0.2) is 24.3 Å². The molecule has 0 spiro atoms. The summed E-state index contributed by atoms with van der Waals surface area (Å²) in [5, 5.41) is 2.68. The summed E-state index contributed by atoms with van der Waals surface area (Å²) in [7, 11) is -3.22. The van der Waals surface area contributed by atoms with Crippen LogP contribution >= 0.6 is 0 Å². The molecule has 1 aliphatic carbocycles. The van der Waals surface area contributed by atoms with Gasteiger partial charge in [-0.05, 0) is 31.9 Å². The van der Waals surface area contributed by atoms with Gasteiger partial charge in [-0.3, -0.25) is 4.79 Å². The van der Waals surface area contributed by atoms with E-state index in [4.69, 9.17) is 4.74 Å². The Morgan fingerprint density at radius 3 is 2.67 bits per heavy atom. The summed E-state index contributed by atoms with van der Waals surface area (Å²) >= 11 is 0. The second-order valence-electron chi connectivity index (χ2n) is 4.87. The van der Waals surface area contributed by atoms with Crippen LogP contribution in [0.25, 0.3) is 0 Å². The van der Waals surface area contributed by atoms with Crippen molar-refractivity contribution in [3.05, 3.63) is 29.8 Å². The number of amides is 1. The summed E-state index contributed by atoms with van der Waals surface area (Å²) in [6.45, 7) is 1.97. The summed E-state index contributed by atoms with van der Waals surface area (Å²) in [6.07, 6.45) is 2.26. The zero-order valence-corrected chi connectivity index (χ0v) is 12.8. The van der Waals surface area contributed by atoms with E-state index in [1.807, 2.05) is 6.07 Å². The van der Waals surface area contributed by atoms with E-state index in [1.54, 1.807) is 25.1 Å². The standard InChI is InChI=1S/C14H20N2O4S/c1-2-21(18,19)16-10-9-15-14(17)12-5-3-4-6-13(12)20-11-7-8-11/h3-6,11,16H,2,7-10H2,1H3,(H,15,17). The Morgan fingerprint density at radius 1 is 1.29 bits per heavy atom. The second kappa shape index (κ2) is 6.91. The number of hydrogen-bond donors (Lipinski definition) is 2. The molecule has 0 heterocycles. The lowest BCUT2D eigenvalue weighted by Gasteiger charge is -2.11. The molecular weight excluding hydrogens is 292 g/mol. The first-order chi connectivity index (χ1) is 10.0. The molecular formula is C14H20N2O4S. The third-order valence-electron chi connectivity index (χ3n) is 3.06. The van der Waals surface area contributed by atoms with Gasteiger partial charge in [-0.25, -0.2) is 13.1 Å². The van der Waals surface area contributed by atoms with Crippen LogP contribution < -0.4 is 14.8 Å². The fourth-order valence-electron chi connectivity index (χ4n) is 1.70. The molecule has 21 heavy (non-hydrogen) atoms. The molecule has 6 nitrogen and oxygen atoms in total. The van der Waals surface area contributed by atoms with Crippen LogP contribution in [-0.2, 0) is 10.0 Å². The van der Waals surface area contributed by atoms with Gasteiger partial charge in [0, 0.05) is 13.1 Å². The number of carbonyl (C=O) groups is 1. The maximum absolute atomic E-state index is 12.1. The molecule has 0 aliphatic heterocycles. The normalized spacial score (nSPS) is 14.7. The Bertz CT molecular complexity index is 597. The Hall–Kier alpha value is -1.60. The van der Waals surface area contributed by atoms with Crippen molar-refractivity contribution in [3.8, 4) is 5.75 Å². The molecule has 1 amide bonds.